The summed E-state index contributed by atoms with van der Waals surface area (Å²) in [6, 6.07) is 13.6. The molecule has 1 aromatic carbocycles. The lowest BCUT2D eigenvalue weighted by atomic mass is 10.0. The Hall–Kier alpha value is -1.87. The maximum atomic E-state index is 10.1. The van der Waals surface area contributed by atoms with Gasteiger partial charge >= 0.3 is 0 Å². The van der Waals surface area contributed by atoms with Gasteiger partial charge in [-0.25, -0.2) is 0 Å². The maximum Gasteiger partial charge on any atom is 0.118 e. The molecule has 0 spiro atoms. The first kappa shape index (κ1) is 13.6. The molecule has 0 saturated carbocycles. The van der Waals surface area contributed by atoms with Gasteiger partial charge in [-0.1, -0.05) is 18.2 Å². The van der Waals surface area contributed by atoms with Crippen LogP contribution in [0.4, 0.5) is 0 Å². The number of ether oxygens (including phenoxy) is 1. The molecule has 0 aliphatic rings. The third-order valence-corrected chi connectivity index (χ3v) is 3.12. The van der Waals surface area contributed by atoms with Crippen LogP contribution in [0, 0.1) is 6.92 Å². The largest absolute Gasteiger partial charge is 0.497 e. The van der Waals surface area contributed by atoms with E-state index in [9.17, 15) is 5.11 Å². The van der Waals surface area contributed by atoms with Gasteiger partial charge in [0, 0.05) is 5.69 Å². The molecule has 1 heterocycles. The molecule has 2 aromatic rings. The lowest BCUT2D eigenvalue weighted by Crippen LogP contribution is -2.03. The van der Waals surface area contributed by atoms with Crippen LogP contribution in [0.25, 0.3) is 0 Å². The van der Waals surface area contributed by atoms with Gasteiger partial charge in [0.15, 0.2) is 0 Å². The van der Waals surface area contributed by atoms with Crippen LogP contribution in [-0.2, 0) is 6.42 Å². The van der Waals surface area contributed by atoms with E-state index in [1.54, 1.807) is 7.11 Å². The highest BCUT2D eigenvalue weighted by Gasteiger charge is 2.09. The van der Waals surface area contributed by atoms with Crippen molar-refractivity contribution in [3.8, 4) is 5.75 Å². The second-order valence-electron chi connectivity index (χ2n) is 4.61. The minimum atomic E-state index is -0.512. The van der Waals surface area contributed by atoms with Gasteiger partial charge in [-0.2, -0.15) is 0 Å². The minimum absolute atomic E-state index is 0.512. The molecule has 0 aliphatic carbocycles. The second-order valence-corrected chi connectivity index (χ2v) is 4.61. The van der Waals surface area contributed by atoms with Crippen molar-refractivity contribution in [1.29, 1.82) is 0 Å². The average molecular weight is 257 g/mol. The second kappa shape index (κ2) is 6.34. The molecule has 0 fully saturated rings. The van der Waals surface area contributed by atoms with Gasteiger partial charge < -0.3 is 9.84 Å². The number of rotatable bonds is 5. The van der Waals surface area contributed by atoms with E-state index < -0.39 is 6.10 Å². The summed E-state index contributed by atoms with van der Waals surface area (Å²) in [4.78, 5) is 4.34. The maximum absolute atomic E-state index is 10.1. The van der Waals surface area contributed by atoms with Gasteiger partial charge in [-0.15, -0.1) is 0 Å². The lowest BCUT2D eigenvalue weighted by molar-refractivity contribution is 0.163. The molecule has 0 bridgehead atoms. The first-order chi connectivity index (χ1) is 9.19. The summed E-state index contributed by atoms with van der Waals surface area (Å²) >= 11 is 0. The Kier molecular flexibility index (Phi) is 4.53. The average Bonchev–Trinajstić information content (AvgIpc) is 2.45. The monoisotopic (exact) mass is 257 g/mol. The smallest absolute Gasteiger partial charge is 0.118 e. The number of hydrogen-bond donors (Lipinski definition) is 1. The van der Waals surface area contributed by atoms with Crippen molar-refractivity contribution < 1.29 is 9.84 Å². The minimum Gasteiger partial charge on any atom is -0.497 e. The third kappa shape index (κ3) is 3.80. The van der Waals surface area contributed by atoms with Gasteiger partial charge in [0.05, 0.1) is 18.9 Å². The highest BCUT2D eigenvalue weighted by atomic mass is 16.5. The number of methoxy groups -OCH3 is 1. The molecule has 19 heavy (non-hydrogen) atoms. The predicted molar refractivity (Wildman–Crippen MR) is 75.2 cm³/mol. The molecular formula is C16H19NO2. The van der Waals surface area contributed by atoms with Crippen LogP contribution in [0.1, 0.15) is 29.5 Å². The number of aromatic nitrogens is 1. The molecule has 3 heteroatoms. The molecule has 0 aliphatic heterocycles. The van der Waals surface area contributed by atoms with Gasteiger partial charge in [0.2, 0.25) is 0 Å². The number of aryl methyl sites for hydroxylation is 2. The molecule has 1 aromatic heterocycles. The fourth-order valence-corrected chi connectivity index (χ4v) is 1.99. The van der Waals surface area contributed by atoms with E-state index in [-0.39, 0.29) is 0 Å². The Morgan fingerprint density at radius 1 is 1.16 bits per heavy atom. The number of aliphatic hydroxyl groups is 1. The Labute approximate surface area is 113 Å². The number of aliphatic hydroxyl groups excluding tert-OH is 1. The summed E-state index contributed by atoms with van der Waals surface area (Å²) in [6.45, 7) is 1.93. The van der Waals surface area contributed by atoms with Crippen molar-refractivity contribution in [2.24, 2.45) is 0 Å². The van der Waals surface area contributed by atoms with Gasteiger partial charge in [0.25, 0.3) is 0 Å². The number of pyridine rings is 1. The summed E-state index contributed by atoms with van der Waals surface area (Å²) in [7, 11) is 1.65. The van der Waals surface area contributed by atoms with Crippen LogP contribution in [0.5, 0.6) is 5.75 Å². The van der Waals surface area contributed by atoms with Gasteiger partial charge in [0.1, 0.15) is 5.75 Å². The van der Waals surface area contributed by atoms with Crippen LogP contribution in [0.3, 0.4) is 0 Å². The molecule has 1 unspecified atom stereocenters. The molecular weight excluding hydrogens is 238 g/mol. The summed E-state index contributed by atoms with van der Waals surface area (Å²) in [6.07, 6.45) is 0.978. The summed E-state index contributed by atoms with van der Waals surface area (Å²) in [5.41, 5.74) is 2.86. The van der Waals surface area contributed by atoms with E-state index in [2.05, 4.69) is 4.98 Å². The van der Waals surface area contributed by atoms with E-state index in [0.717, 1.165) is 23.6 Å². The fraction of sp³-hybridized carbons (Fsp3) is 0.312. The van der Waals surface area contributed by atoms with E-state index in [1.807, 2.05) is 49.4 Å². The zero-order valence-electron chi connectivity index (χ0n) is 11.3. The fourth-order valence-electron chi connectivity index (χ4n) is 1.99. The van der Waals surface area contributed by atoms with Gasteiger partial charge in [-0.05, 0) is 49.6 Å². The van der Waals surface area contributed by atoms with E-state index in [4.69, 9.17) is 4.74 Å². The van der Waals surface area contributed by atoms with Crippen LogP contribution in [0.2, 0.25) is 0 Å². The Morgan fingerprint density at radius 2 is 1.89 bits per heavy atom. The quantitative estimate of drug-likeness (QED) is 0.895. The molecule has 0 saturated heterocycles. The number of hydrogen-bond acceptors (Lipinski definition) is 3. The van der Waals surface area contributed by atoms with Crippen LogP contribution in [-0.4, -0.2) is 17.2 Å². The van der Waals surface area contributed by atoms with Crippen LogP contribution >= 0.6 is 0 Å². The molecule has 0 amide bonds. The number of nitrogens with zero attached hydrogens (tertiary/aromatic N) is 1. The molecule has 1 N–H and O–H groups in total. The van der Waals surface area contributed by atoms with Crippen LogP contribution < -0.4 is 4.74 Å². The van der Waals surface area contributed by atoms with Crippen molar-refractivity contribution >= 4 is 0 Å². The summed E-state index contributed by atoms with van der Waals surface area (Å²) < 4.78 is 5.12. The Bertz CT molecular complexity index is 523. The predicted octanol–water partition coefficient (Wildman–Crippen LogP) is 3.06. The first-order valence-corrected chi connectivity index (χ1v) is 6.43. The molecule has 1 atom stereocenters. The normalized spacial score (nSPS) is 12.2. The molecule has 0 radical (unpaired) electrons. The topological polar surface area (TPSA) is 42.4 Å². The van der Waals surface area contributed by atoms with Crippen molar-refractivity contribution in [1.82, 2.24) is 4.98 Å². The zero-order chi connectivity index (χ0) is 13.7. The standard InChI is InChI=1S/C16H19NO2/c1-12-4-3-5-15(17-12)16(18)11-8-13-6-9-14(19-2)10-7-13/h3-7,9-10,16,18H,8,11H2,1-2H3. The summed E-state index contributed by atoms with van der Waals surface area (Å²) in [5, 5.41) is 10.1. The highest BCUT2D eigenvalue weighted by Crippen LogP contribution is 2.19. The van der Waals surface area contributed by atoms with Gasteiger partial charge in [-0.3, -0.25) is 4.98 Å². The van der Waals surface area contributed by atoms with Crippen LogP contribution in [0.15, 0.2) is 42.5 Å². The Balaban J connectivity index is 1.94. The summed E-state index contributed by atoms with van der Waals surface area (Å²) in [5.74, 6) is 0.852. The lowest BCUT2D eigenvalue weighted by Gasteiger charge is -2.11. The van der Waals surface area contributed by atoms with Crippen molar-refractivity contribution in [3.05, 3.63) is 59.4 Å². The van der Waals surface area contributed by atoms with Crippen molar-refractivity contribution in [2.45, 2.75) is 25.9 Å². The van der Waals surface area contributed by atoms with E-state index >= 15 is 0 Å². The molecule has 3 nitrogen and oxygen atoms in total. The Morgan fingerprint density at radius 3 is 2.53 bits per heavy atom. The molecule has 100 valence electrons. The van der Waals surface area contributed by atoms with E-state index in [1.165, 1.54) is 5.56 Å². The molecule has 2 rings (SSSR count). The van der Waals surface area contributed by atoms with Crippen molar-refractivity contribution in [3.63, 3.8) is 0 Å². The highest BCUT2D eigenvalue weighted by molar-refractivity contribution is 5.27. The third-order valence-electron chi connectivity index (χ3n) is 3.12. The zero-order valence-corrected chi connectivity index (χ0v) is 11.3. The SMILES string of the molecule is COc1ccc(CCC(O)c2cccc(C)n2)cc1. The number of benzene rings is 1. The van der Waals surface area contributed by atoms with Crippen molar-refractivity contribution in [2.75, 3.05) is 7.11 Å². The van der Waals surface area contributed by atoms with E-state index in [0.29, 0.717) is 6.42 Å². The first-order valence-electron chi connectivity index (χ1n) is 6.43.